The second-order valence-corrected chi connectivity index (χ2v) is 3.35. The van der Waals surface area contributed by atoms with Crippen LogP contribution in [0.3, 0.4) is 0 Å². The molecular weight excluding hydrogens is 183 g/mol. The number of hydrogen-bond acceptors (Lipinski definition) is 2. The van der Waals surface area contributed by atoms with E-state index >= 15 is 0 Å². The minimum atomic E-state index is -0.357. The Hall–Kier alpha value is -1.42. The molecule has 4 heteroatoms. The maximum Gasteiger partial charge on any atom is 0.246 e. The molecule has 1 aliphatic rings. The van der Waals surface area contributed by atoms with Gasteiger partial charge < -0.3 is 10.6 Å². The summed E-state index contributed by atoms with van der Waals surface area (Å²) in [4.78, 5) is 11.4. The van der Waals surface area contributed by atoms with Crippen LogP contribution in [0, 0.1) is 12.7 Å². The lowest BCUT2D eigenvalue weighted by Crippen LogP contribution is -2.23. The molecule has 0 fully saturated rings. The Morgan fingerprint density at radius 2 is 2.21 bits per heavy atom. The molecule has 0 aliphatic carbocycles. The van der Waals surface area contributed by atoms with Gasteiger partial charge in [0.05, 0.1) is 5.69 Å². The van der Waals surface area contributed by atoms with Crippen molar-refractivity contribution in [2.45, 2.75) is 13.0 Å². The molecule has 14 heavy (non-hydrogen) atoms. The van der Waals surface area contributed by atoms with Gasteiger partial charge in [0.1, 0.15) is 11.9 Å². The van der Waals surface area contributed by atoms with Crippen molar-refractivity contribution in [1.82, 2.24) is 5.32 Å². The summed E-state index contributed by atoms with van der Waals surface area (Å²) in [6, 6.07) is 2.67. The molecule has 1 atom stereocenters. The monoisotopic (exact) mass is 194 g/mol. The van der Waals surface area contributed by atoms with Crippen LogP contribution < -0.4 is 10.6 Å². The lowest BCUT2D eigenvalue weighted by Gasteiger charge is -2.07. The Kier molecular flexibility index (Phi) is 2.00. The van der Waals surface area contributed by atoms with E-state index in [0.29, 0.717) is 11.3 Å². The second-order valence-electron chi connectivity index (χ2n) is 3.35. The maximum absolute atomic E-state index is 13.2. The average Bonchev–Trinajstić information content (AvgIpc) is 2.49. The molecule has 74 valence electrons. The van der Waals surface area contributed by atoms with Gasteiger partial charge >= 0.3 is 0 Å². The van der Waals surface area contributed by atoms with Crippen LogP contribution in [0.15, 0.2) is 12.1 Å². The van der Waals surface area contributed by atoms with Crippen molar-refractivity contribution in [1.29, 1.82) is 0 Å². The van der Waals surface area contributed by atoms with Gasteiger partial charge in [-0.25, -0.2) is 4.39 Å². The summed E-state index contributed by atoms with van der Waals surface area (Å²) < 4.78 is 13.2. The second kappa shape index (κ2) is 3.06. The molecule has 3 nitrogen and oxygen atoms in total. The van der Waals surface area contributed by atoms with E-state index in [1.807, 2.05) is 0 Å². The molecular formula is C10H11FN2O. The zero-order valence-electron chi connectivity index (χ0n) is 8.02. The van der Waals surface area contributed by atoms with Crippen LogP contribution in [-0.4, -0.2) is 13.0 Å². The number of anilines is 1. The van der Waals surface area contributed by atoms with Crippen LogP contribution in [0.5, 0.6) is 0 Å². The van der Waals surface area contributed by atoms with Crippen LogP contribution in [0.4, 0.5) is 10.1 Å². The van der Waals surface area contributed by atoms with Crippen LogP contribution in [0.1, 0.15) is 17.2 Å². The number of rotatable bonds is 1. The fraction of sp³-hybridized carbons (Fsp3) is 0.300. The SMILES string of the molecule is CNC1C(=O)Nc2c1ccc(F)c2C. The molecule has 2 N–H and O–H groups in total. The first kappa shape index (κ1) is 9.15. The van der Waals surface area contributed by atoms with Gasteiger partial charge in [0, 0.05) is 11.1 Å². The molecule has 2 rings (SSSR count). The number of likely N-dealkylation sites (N-methyl/N-ethyl adjacent to an activating group) is 1. The topological polar surface area (TPSA) is 41.1 Å². The number of carbonyl (C=O) groups is 1. The number of nitrogens with one attached hydrogen (secondary N) is 2. The molecule has 0 radical (unpaired) electrons. The highest BCUT2D eigenvalue weighted by Crippen LogP contribution is 2.34. The van der Waals surface area contributed by atoms with E-state index < -0.39 is 0 Å². The molecule has 1 aromatic carbocycles. The minimum absolute atomic E-state index is 0.129. The first-order chi connectivity index (χ1) is 6.65. The van der Waals surface area contributed by atoms with Gasteiger partial charge in [-0.3, -0.25) is 4.79 Å². The molecule has 1 unspecified atom stereocenters. The largest absolute Gasteiger partial charge is 0.324 e. The van der Waals surface area contributed by atoms with Crippen molar-refractivity contribution >= 4 is 11.6 Å². The number of halogens is 1. The Morgan fingerprint density at radius 3 is 2.86 bits per heavy atom. The van der Waals surface area contributed by atoms with E-state index in [1.165, 1.54) is 6.07 Å². The van der Waals surface area contributed by atoms with E-state index in [0.717, 1.165) is 5.56 Å². The lowest BCUT2D eigenvalue weighted by molar-refractivity contribution is -0.117. The number of amides is 1. The molecule has 0 bridgehead atoms. The third-order valence-corrected chi connectivity index (χ3v) is 2.54. The van der Waals surface area contributed by atoms with E-state index in [-0.39, 0.29) is 17.8 Å². The highest BCUT2D eigenvalue weighted by Gasteiger charge is 2.30. The van der Waals surface area contributed by atoms with Gasteiger partial charge in [0.2, 0.25) is 5.91 Å². The summed E-state index contributed by atoms with van der Waals surface area (Å²) >= 11 is 0. The summed E-state index contributed by atoms with van der Waals surface area (Å²) in [5, 5.41) is 5.55. The molecule has 0 saturated carbocycles. The quantitative estimate of drug-likeness (QED) is 0.708. The summed E-state index contributed by atoms with van der Waals surface area (Å²) in [5.74, 6) is -0.419. The zero-order valence-corrected chi connectivity index (χ0v) is 8.02. The van der Waals surface area contributed by atoms with Crippen molar-refractivity contribution < 1.29 is 9.18 Å². The fourth-order valence-corrected chi connectivity index (χ4v) is 1.74. The Morgan fingerprint density at radius 1 is 1.50 bits per heavy atom. The predicted molar refractivity (Wildman–Crippen MR) is 51.6 cm³/mol. The third-order valence-electron chi connectivity index (χ3n) is 2.54. The highest BCUT2D eigenvalue weighted by atomic mass is 19.1. The molecule has 1 aromatic rings. The van der Waals surface area contributed by atoms with Crippen molar-refractivity contribution in [3.63, 3.8) is 0 Å². The van der Waals surface area contributed by atoms with Crippen molar-refractivity contribution in [3.05, 3.63) is 29.1 Å². The molecule has 0 spiro atoms. The summed E-state index contributed by atoms with van der Waals surface area (Å²) in [6.07, 6.45) is 0. The summed E-state index contributed by atoms with van der Waals surface area (Å²) in [6.45, 7) is 1.66. The Labute approximate surface area is 81.3 Å². The van der Waals surface area contributed by atoms with Crippen LogP contribution >= 0.6 is 0 Å². The molecule has 1 heterocycles. The van der Waals surface area contributed by atoms with Crippen molar-refractivity contribution in [3.8, 4) is 0 Å². The van der Waals surface area contributed by atoms with Crippen LogP contribution in [0.2, 0.25) is 0 Å². The average molecular weight is 194 g/mol. The molecule has 1 aliphatic heterocycles. The number of hydrogen-bond donors (Lipinski definition) is 2. The first-order valence-electron chi connectivity index (χ1n) is 4.42. The Balaban J connectivity index is 2.57. The third kappa shape index (κ3) is 1.11. The number of benzene rings is 1. The van der Waals surface area contributed by atoms with Crippen molar-refractivity contribution in [2.24, 2.45) is 0 Å². The van der Waals surface area contributed by atoms with E-state index in [2.05, 4.69) is 10.6 Å². The van der Waals surface area contributed by atoms with Gasteiger partial charge in [-0.1, -0.05) is 6.07 Å². The van der Waals surface area contributed by atoms with E-state index in [9.17, 15) is 9.18 Å². The number of carbonyl (C=O) groups excluding carboxylic acids is 1. The first-order valence-corrected chi connectivity index (χ1v) is 4.42. The van der Waals surface area contributed by atoms with Gasteiger partial charge in [-0.15, -0.1) is 0 Å². The summed E-state index contributed by atoms with van der Waals surface area (Å²) in [7, 11) is 1.71. The molecule has 1 amide bonds. The van der Waals surface area contributed by atoms with Crippen LogP contribution in [0.25, 0.3) is 0 Å². The van der Waals surface area contributed by atoms with Gasteiger partial charge in [0.15, 0.2) is 0 Å². The van der Waals surface area contributed by atoms with Gasteiger partial charge in [-0.05, 0) is 20.0 Å². The lowest BCUT2D eigenvalue weighted by atomic mass is 10.0. The number of fused-ring (bicyclic) bond motifs is 1. The van der Waals surface area contributed by atoms with Gasteiger partial charge in [-0.2, -0.15) is 0 Å². The zero-order chi connectivity index (χ0) is 10.3. The maximum atomic E-state index is 13.2. The fourth-order valence-electron chi connectivity index (χ4n) is 1.74. The van der Waals surface area contributed by atoms with E-state index in [4.69, 9.17) is 0 Å². The normalized spacial score (nSPS) is 19.4. The Bertz CT molecular complexity index is 403. The van der Waals surface area contributed by atoms with E-state index in [1.54, 1.807) is 20.0 Å². The minimum Gasteiger partial charge on any atom is -0.324 e. The smallest absolute Gasteiger partial charge is 0.246 e. The van der Waals surface area contributed by atoms with Gasteiger partial charge in [0.25, 0.3) is 0 Å². The highest BCUT2D eigenvalue weighted by molar-refractivity contribution is 6.03. The van der Waals surface area contributed by atoms with Crippen molar-refractivity contribution in [2.75, 3.05) is 12.4 Å². The standard InChI is InChI=1S/C10H11FN2O/c1-5-7(11)4-3-6-8(5)13-10(14)9(6)12-2/h3-4,9,12H,1-2H3,(H,13,14). The molecule has 0 aromatic heterocycles. The molecule has 0 saturated heterocycles. The van der Waals surface area contributed by atoms with Crippen LogP contribution in [-0.2, 0) is 4.79 Å². The predicted octanol–water partition coefficient (Wildman–Crippen LogP) is 1.35. The summed E-state index contributed by atoms with van der Waals surface area (Å²) in [5.41, 5.74) is 1.92.